The summed E-state index contributed by atoms with van der Waals surface area (Å²) < 4.78 is 0. The molecule has 4 aromatic rings. The zero-order valence-electron chi connectivity index (χ0n) is 33.3. The molecule has 316 valence electrons. The number of aliphatic imine (C=N–C) groups is 1. The van der Waals surface area contributed by atoms with Crippen LogP contribution in [-0.4, -0.2) is 122 Å². The van der Waals surface area contributed by atoms with Gasteiger partial charge in [0.25, 0.3) is 0 Å². The highest BCUT2D eigenvalue weighted by Gasteiger charge is 2.45. The molecule has 0 spiro atoms. The first-order valence-electron chi connectivity index (χ1n) is 20.5. The SMILES string of the molecule is NC(N)=NCCC[C@@H]1NC(=O)[C@@H](Cc2ccccc2)NC(=O)[C@H](Cc2cnc[nH]2)NC(=O)[C@@H]2CCCN2C(=O)[C@H]2CCCN2C(=O)[C@H](Cc2c[nH]c3ccccc23)NC1=O. The first-order valence-corrected chi connectivity index (χ1v) is 20.5. The first-order chi connectivity index (χ1) is 29.0. The maximum Gasteiger partial charge on any atom is 0.246 e. The fraction of sp³-hybridized carbons (Fsp3) is 0.429. The van der Waals surface area contributed by atoms with Crippen LogP contribution in [-0.2, 0) is 48.0 Å². The summed E-state index contributed by atoms with van der Waals surface area (Å²) in [7, 11) is 0. The van der Waals surface area contributed by atoms with E-state index in [1.54, 1.807) is 6.20 Å². The molecule has 60 heavy (non-hydrogen) atoms. The molecule has 3 aliphatic rings. The Balaban J connectivity index is 1.27. The minimum Gasteiger partial charge on any atom is -0.370 e. The number of para-hydroxylation sites is 1. The van der Waals surface area contributed by atoms with Crippen LogP contribution in [0.4, 0.5) is 0 Å². The van der Waals surface area contributed by atoms with Crippen molar-refractivity contribution in [3.63, 3.8) is 0 Å². The molecule has 18 heteroatoms. The lowest BCUT2D eigenvalue weighted by Crippen LogP contribution is -2.61. The van der Waals surface area contributed by atoms with Gasteiger partial charge in [-0.3, -0.25) is 33.8 Å². The van der Waals surface area contributed by atoms with Crippen molar-refractivity contribution in [2.45, 2.75) is 94.0 Å². The fourth-order valence-corrected chi connectivity index (χ4v) is 8.44. The molecule has 3 aliphatic heterocycles. The summed E-state index contributed by atoms with van der Waals surface area (Å²) in [5.41, 5.74) is 14.0. The van der Waals surface area contributed by atoms with Crippen LogP contribution in [0.1, 0.15) is 55.3 Å². The quantitative estimate of drug-likeness (QED) is 0.0603. The zero-order valence-corrected chi connectivity index (χ0v) is 33.3. The van der Waals surface area contributed by atoms with Gasteiger partial charge >= 0.3 is 0 Å². The topological polar surface area (TPSA) is 266 Å². The van der Waals surface area contributed by atoms with E-state index in [0.717, 1.165) is 22.0 Å². The summed E-state index contributed by atoms with van der Waals surface area (Å²) in [6, 6.07) is 10.2. The van der Waals surface area contributed by atoms with Gasteiger partial charge in [-0.25, -0.2) is 4.98 Å². The molecule has 0 saturated carbocycles. The number of H-pyrrole nitrogens is 2. The molecule has 6 amide bonds. The van der Waals surface area contributed by atoms with E-state index in [1.165, 1.54) is 22.3 Å². The molecule has 0 aliphatic carbocycles. The number of nitrogens with one attached hydrogen (secondary N) is 6. The largest absolute Gasteiger partial charge is 0.370 e. The molecular weight excluding hydrogens is 769 g/mol. The molecule has 0 bridgehead atoms. The second-order valence-electron chi connectivity index (χ2n) is 15.6. The lowest BCUT2D eigenvalue weighted by molar-refractivity contribution is -0.148. The minimum atomic E-state index is -1.20. The van der Waals surface area contributed by atoms with E-state index in [1.807, 2.05) is 54.6 Å². The number of hydrogen-bond donors (Lipinski definition) is 8. The van der Waals surface area contributed by atoms with Crippen LogP contribution in [0, 0.1) is 0 Å². The molecule has 2 aromatic carbocycles. The summed E-state index contributed by atoms with van der Waals surface area (Å²) in [6.45, 7) is 0.726. The van der Waals surface area contributed by atoms with E-state index in [-0.39, 0.29) is 57.1 Å². The van der Waals surface area contributed by atoms with Crippen molar-refractivity contribution < 1.29 is 28.8 Å². The molecule has 10 N–H and O–H groups in total. The highest BCUT2D eigenvalue weighted by Crippen LogP contribution is 2.27. The molecular formula is C42H52N12O6. The van der Waals surface area contributed by atoms with Crippen molar-refractivity contribution in [2.24, 2.45) is 16.5 Å². The number of nitrogens with two attached hydrogens (primary N) is 2. The summed E-state index contributed by atoms with van der Waals surface area (Å²) >= 11 is 0. The van der Waals surface area contributed by atoms with E-state index >= 15 is 0 Å². The number of fused-ring (bicyclic) bond motifs is 3. The monoisotopic (exact) mass is 820 g/mol. The van der Waals surface area contributed by atoms with E-state index in [9.17, 15) is 28.8 Å². The van der Waals surface area contributed by atoms with Crippen LogP contribution < -0.4 is 32.7 Å². The lowest BCUT2D eigenvalue weighted by atomic mass is 10.0. The number of rotatable bonds is 10. The molecule has 18 nitrogen and oxygen atoms in total. The number of aromatic nitrogens is 3. The number of amides is 6. The Morgan fingerprint density at radius 3 is 2.05 bits per heavy atom. The van der Waals surface area contributed by atoms with Crippen LogP contribution in [0.15, 0.2) is 78.3 Å². The number of nitrogens with zero attached hydrogens (tertiary/aromatic N) is 4. The predicted octanol–water partition coefficient (Wildman–Crippen LogP) is -0.0927. The van der Waals surface area contributed by atoms with Gasteiger partial charge in [0, 0.05) is 67.9 Å². The average Bonchev–Trinajstić information content (AvgIpc) is 4.09. The van der Waals surface area contributed by atoms with Crippen molar-refractivity contribution in [3.05, 3.63) is 90.1 Å². The second kappa shape index (κ2) is 18.9. The number of hydrogen-bond acceptors (Lipinski definition) is 8. The van der Waals surface area contributed by atoms with Crippen molar-refractivity contribution in [1.29, 1.82) is 0 Å². The number of imidazole rings is 1. The number of guanidine groups is 1. The van der Waals surface area contributed by atoms with Crippen LogP contribution >= 0.6 is 0 Å². The highest BCUT2D eigenvalue weighted by atomic mass is 16.2. The molecule has 3 fully saturated rings. The van der Waals surface area contributed by atoms with Crippen LogP contribution in [0.5, 0.6) is 0 Å². The smallest absolute Gasteiger partial charge is 0.246 e. The Hall–Kier alpha value is -6.72. The highest BCUT2D eigenvalue weighted by molar-refractivity contribution is 5.99. The maximum absolute atomic E-state index is 14.8. The van der Waals surface area contributed by atoms with Crippen LogP contribution in [0.2, 0.25) is 0 Å². The average molecular weight is 821 g/mol. The zero-order chi connectivity index (χ0) is 42.2. The number of carbonyl (C=O) groups excluding carboxylic acids is 6. The van der Waals surface area contributed by atoms with Gasteiger partial charge in [-0.15, -0.1) is 0 Å². The van der Waals surface area contributed by atoms with Gasteiger partial charge in [-0.2, -0.15) is 0 Å². The van der Waals surface area contributed by atoms with Gasteiger partial charge in [0.2, 0.25) is 35.4 Å². The molecule has 2 aromatic heterocycles. The van der Waals surface area contributed by atoms with E-state index in [0.29, 0.717) is 37.9 Å². The molecule has 5 heterocycles. The second-order valence-corrected chi connectivity index (χ2v) is 15.6. The lowest BCUT2D eigenvalue weighted by Gasteiger charge is -2.34. The van der Waals surface area contributed by atoms with Crippen LogP contribution in [0.3, 0.4) is 0 Å². The summed E-state index contributed by atoms with van der Waals surface area (Å²) in [5.74, 6) is -3.41. The summed E-state index contributed by atoms with van der Waals surface area (Å²) in [4.78, 5) is 104. The van der Waals surface area contributed by atoms with Gasteiger partial charge in [0.05, 0.1) is 6.33 Å². The number of carbonyl (C=O) groups is 6. The predicted molar refractivity (Wildman–Crippen MR) is 222 cm³/mol. The van der Waals surface area contributed by atoms with Gasteiger partial charge in [-0.05, 0) is 55.7 Å². The van der Waals surface area contributed by atoms with Crippen molar-refractivity contribution in [3.8, 4) is 0 Å². The maximum atomic E-state index is 14.8. The van der Waals surface area contributed by atoms with Gasteiger partial charge < -0.3 is 52.5 Å². The van der Waals surface area contributed by atoms with E-state index < -0.39 is 65.8 Å². The van der Waals surface area contributed by atoms with E-state index in [4.69, 9.17) is 11.5 Å². The first kappa shape index (κ1) is 41.4. The third kappa shape index (κ3) is 9.76. The van der Waals surface area contributed by atoms with Gasteiger partial charge in [-0.1, -0.05) is 48.5 Å². The van der Waals surface area contributed by atoms with Crippen molar-refractivity contribution >= 4 is 52.3 Å². The number of aromatic amines is 2. The third-order valence-electron chi connectivity index (χ3n) is 11.5. The van der Waals surface area contributed by atoms with Crippen molar-refractivity contribution in [2.75, 3.05) is 19.6 Å². The summed E-state index contributed by atoms with van der Waals surface area (Å²) in [6.07, 6.45) is 7.11. The molecule has 0 unspecified atom stereocenters. The van der Waals surface area contributed by atoms with E-state index in [2.05, 4.69) is 41.2 Å². The third-order valence-corrected chi connectivity index (χ3v) is 11.5. The van der Waals surface area contributed by atoms with Gasteiger partial charge in [0.15, 0.2) is 5.96 Å². The van der Waals surface area contributed by atoms with Gasteiger partial charge in [0.1, 0.15) is 36.3 Å². The number of benzene rings is 2. The molecule has 0 radical (unpaired) electrons. The molecule has 6 atom stereocenters. The molecule has 7 rings (SSSR count). The summed E-state index contributed by atoms with van der Waals surface area (Å²) in [5, 5.41) is 12.4. The Kier molecular flexibility index (Phi) is 13.1. The minimum absolute atomic E-state index is 0.0104. The van der Waals surface area contributed by atoms with Crippen molar-refractivity contribution in [1.82, 2.24) is 46.0 Å². The molecule has 3 saturated heterocycles. The normalized spacial score (nSPS) is 24.5. The standard InChI is InChI=1S/C42H52N12O6/c43-42(44)46-16-6-13-30-36(55)52-33(20-26-22-47-29-12-5-4-11-28(26)29)40(59)54-18-8-15-35(54)41(60)53-17-7-14-34(53)39(58)51-32(21-27-23-45-24-48-27)38(57)50-31(37(56)49-30)19-25-9-2-1-3-10-25/h1-5,9-12,22-24,30-35,47H,6-8,13-21H2,(H,45,48)(H,49,56)(H,50,57)(H,51,58)(H,52,55)(H4,43,44,46)/t30-,31+,32-,33-,34-,35+/m0/s1. The fourth-order valence-electron chi connectivity index (χ4n) is 8.44. The Morgan fingerprint density at radius 1 is 0.683 bits per heavy atom. The van der Waals surface area contributed by atoms with Crippen LogP contribution in [0.25, 0.3) is 10.9 Å². The Morgan fingerprint density at radius 2 is 1.32 bits per heavy atom. The Bertz CT molecular complexity index is 2200. The Labute approximate surface area is 346 Å².